The maximum atomic E-state index is 12.1. The van der Waals surface area contributed by atoms with Gasteiger partial charge < -0.3 is 15.4 Å². The van der Waals surface area contributed by atoms with Crippen molar-refractivity contribution in [3.8, 4) is 5.75 Å². The zero-order valence-corrected chi connectivity index (χ0v) is 13.8. The van der Waals surface area contributed by atoms with Crippen molar-refractivity contribution in [2.75, 3.05) is 11.9 Å². The third-order valence-corrected chi connectivity index (χ3v) is 3.45. The summed E-state index contributed by atoms with van der Waals surface area (Å²) in [6.07, 6.45) is 4.42. The molecule has 0 spiro atoms. The molecule has 0 saturated heterocycles. The average molecular weight is 313 g/mol. The van der Waals surface area contributed by atoms with Crippen LogP contribution in [0.1, 0.15) is 37.4 Å². The summed E-state index contributed by atoms with van der Waals surface area (Å²) in [4.78, 5) is 16.2. The Morgan fingerprint density at radius 2 is 2.17 bits per heavy atom. The van der Waals surface area contributed by atoms with E-state index in [9.17, 15) is 4.79 Å². The molecule has 0 aliphatic rings. The second-order valence-corrected chi connectivity index (χ2v) is 5.43. The third-order valence-electron chi connectivity index (χ3n) is 3.45. The van der Waals surface area contributed by atoms with Crippen LogP contribution >= 0.6 is 0 Å². The first kappa shape index (κ1) is 16.8. The van der Waals surface area contributed by atoms with Crippen LogP contribution in [0.25, 0.3) is 0 Å². The van der Waals surface area contributed by atoms with Gasteiger partial charge in [0.25, 0.3) is 0 Å². The van der Waals surface area contributed by atoms with E-state index in [2.05, 4.69) is 22.5 Å². The first-order valence-electron chi connectivity index (χ1n) is 7.81. The predicted octanol–water partition coefficient (Wildman–Crippen LogP) is 4.06. The number of aromatic nitrogens is 1. The van der Waals surface area contributed by atoms with Gasteiger partial charge in [-0.1, -0.05) is 13.0 Å². The number of anilines is 1. The number of hydrogen-bond acceptors (Lipinski definition) is 3. The number of benzene rings is 1. The van der Waals surface area contributed by atoms with Crippen molar-refractivity contribution in [3.63, 3.8) is 0 Å². The molecule has 2 amide bonds. The van der Waals surface area contributed by atoms with Crippen molar-refractivity contribution >= 4 is 11.7 Å². The maximum Gasteiger partial charge on any atom is 0.319 e. The molecule has 1 heterocycles. The second-order valence-electron chi connectivity index (χ2n) is 5.43. The van der Waals surface area contributed by atoms with E-state index in [0.29, 0.717) is 6.61 Å². The van der Waals surface area contributed by atoms with Crippen molar-refractivity contribution in [2.24, 2.45) is 0 Å². The molecule has 23 heavy (non-hydrogen) atoms. The molecule has 0 fully saturated rings. The predicted molar refractivity (Wildman–Crippen MR) is 91.8 cm³/mol. The van der Waals surface area contributed by atoms with Crippen molar-refractivity contribution in [2.45, 2.75) is 33.2 Å². The zero-order valence-electron chi connectivity index (χ0n) is 13.8. The summed E-state index contributed by atoms with van der Waals surface area (Å²) in [6.45, 7) is 6.62. The van der Waals surface area contributed by atoms with E-state index in [1.165, 1.54) is 0 Å². The van der Waals surface area contributed by atoms with Gasteiger partial charge in [0.1, 0.15) is 5.75 Å². The van der Waals surface area contributed by atoms with Gasteiger partial charge in [0.05, 0.1) is 12.6 Å². The topological polar surface area (TPSA) is 63.2 Å². The molecule has 0 aliphatic carbocycles. The number of nitrogens with zero attached hydrogens (tertiary/aromatic N) is 1. The van der Waals surface area contributed by atoms with E-state index < -0.39 is 0 Å². The number of rotatable bonds is 6. The molecule has 2 N–H and O–H groups in total. The smallest absolute Gasteiger partial charge is 0.319 e. The Labute approximate surface area is 137 Å². The number of ether oxygens (including phenoxy) is 1. The van der Waals surface area contributed by atoms with Crippen LogP contribution < -0.4 is 15.4 Å². The minimum Gasteiger partial charge on any atom is -0.494 e. The summed E-state index contributed by atoms with van der Waals surface area (Å²) in [7, 11) is 0. The highest BCUT2D eigenvalue weighted by molar-refractivity contribution is 5.90. The van der Waals surface area contributed by atoms with E-state index in [0.717, 1.165) is 29.0 Å². The Hall–Kier alpha value is -2.56. The molecule has 0 bridgehead atoms. The van der Waals surface area contributed by atoms with E-state index >= 15 is 0 Å². The number of carbonyl (C=O) groups is 1. The molecule has 2 aromatic rings. The van der Waals surface area contributed by atoms with Gasteiger partial charge in [-0.3, -0.25) is 4.98 Å². The van der Waals surface area contributed by atoms with E-state index in [4.69, 9.17) is 4.74 Å². The molecule has 5 nitrogen and oxygen atoms in total. The maximum absolute atomic E-state index is 12.1. The first-order chi connectivity index (χ1) is 11.1. The summed E-state index contributed by atoms with van der Waals surface area (Å²) in [5.74, 6) is 0.819. The minimum atomic E-state index is -0.244. The molecule has 1 atom stereocenters. The van der Waals surface area contributed by atoms with Gasteiger partial charge in [0.2, 0.25) is 0 Å². The molecule has 0 saturated carbocycles. The summed E-state index contributed by atoms with van der Waals surface area (Å²) >= 11 is 0. The van der Waals surface area contributed by atoms with Gasteiger partial charge in [0.15, 0.2) is 0 Å². The third kappa shape index (κ3) is 4.98. The number of carbonyl (C=O) groups excluding carboxylic acids is 1. The van der Waals surface area contributed by atoms with Crippen LogP contribution in [0.2, 0.25) is 0 Å². The Kier molecular flexibility index (Phi) is 5.97. The number of nitrogens with one attached hydrogen (secondary N) is 2. The fourth-order valence-corrected chi connectivity index (χ4v) is 2.16. The highest BCUT2D eigenvalue weighted by Crippen LogP contribution is 2.21. The second kappa shape index (κ2) is 8.17. The lowest BCUT2D eigenvalue weighted by Crippen LogP contribution is -2.31. The quantitative estimate of drug-likeness (QED) is 0.845. The van der Waals surface area contributed by atoms with Crippen LogP contribution in [0.15, 0.2) is 42.7 Å². The SMILES string of the molecule is CCCOc1ccc(NC(=O)NC(C)c2cccnc2)c(C)c1. The minimum absolute atomic E-state index is 0.115. The van der Waals surface area contributed by atoms with Gasteiger partial charge in [-0.2, -0.15) is 0 Å². The number of aryl methyl sites for hydroxylation is 1. The van der Waals surface area contributed by atoms with Crippen molar-refractivity contribution < 1.29 is 9.53 Å². The summed E-state index contributed by atoms with van der Waals surface area (Å²) in [5, 5.41) is 5.77. The van der Waals surface area contributed by atoms with Crippen LogP contribution in [0.3, 0.4) is 0 Å². The molecular formula is C18H23N3O2. The summed E-state index contributed by atoms with van der Waals surface area (Å²) in [5.41, 5.74) is 2.69. The largest absolute Gasteiger partial charge is 0.494 e. The first-order valence-corrected chi connectivity index (χ1v) is 7.81. The Morgan fingerprint density at radius 1 is 1.35 bits per heavy atom. The molecule has 2 rings (SSSR count). The standard InChI is InChI=1S/C18H23N3O2/c1-4-10-23-16-7-8-17(13(2)11-16)21-18(22)20-14(3)15-6-5-9-19-12-15/h5-9,11-12,14H,4,10H2,1-3H3,(H2,20,21,22). The molecule has 5 heteroatoms. The number of amides is 2. The number of pyridine rings is 1. The number of hydrogen-bond donors (Lipinski definition) is 2. The number of urea groups is 1. The van der Waals surface area contributed by atoms with Crippen molar-refractivity contribution in [3.05, 3.63) is 53.9 Å². The lowest BCUT2D eigenvalue weighted by Gasteiger charge is -2.16. The molecular weight excluding hydrogens is 290 g/mol. The molecule has 0 radical (unpaired) electrons. The summed E-state index contributed by atoms with van der Waals surface area (Å²) in [6, 6.07) is 9.07. The lowest BCUT2D eigenvalue weighted by atomic mass is 10.1. The van der Waals surface area contributed by atoms with Crippen LogP contribution in [-0.2, 0) is 0 Å². The lowest BCUT2D eigenvalue weighted by molar-refractivity contribution is 0.249. The molecule has 1 aromatic heterocycles. The van der Waals surface area contributed by atoms with Gasteiger partial charge >= 0.3 is 6.03 Å². The van der Waals surface area contributed by atoms with Crippen molar-refractivity contribution in [1.29, 1.82) is 0 Å². The molecule has 122 valence electrons. The zero-order chi connectivity index (χ0) is 16.7. The van der Waals surface area contributed by atoms with E-state index in [-0.39, 0.29) is 12.1 Å². The van der Waals surface area contributed by atoms with E-state index in [1.807, 2.05) is 44.2 Å². The summed E-state index contributed by atoms with van der Waals surface area (Å²) < 4.78 is 5.58. The van der Waals surface area contributed by atoms with Crippen LogP contribution in [0.5, 0.6) is 5.75 Å². The van der Waals surface area contributed by atoms with Crippen LogP contribution in [-0.4, -0.2) is 17.6 Å². The van der Waals surface area contributed by atoms with Crippen LogP contribution in [0.4, 0.5) is 10.5 Å². The molecule has 1 aromatic carbocycles. The molecule has 1 unspecified atom stereocenters. The Balaban J connectivity index is 1.95. The molecule has 0 aliphatic heterocycles. The highest BCUT2D eigenvalue weighted by Gasteiger charge is 2.10. The Morgan fingerprint density at radius 3 is 2.83 bits per heavy atom. The van der Waals surface area contributed by atoms with Gasteiger partial charge in [-0.05, 0) is 55.7 Å². The fraction of sp³-hybridized carbons (Fsp3) is 0.333. The average Bonchev–Trinajstić information content (AvgIpc) is 2.56. The normalized spacial score (nSPS) is 11.6. The van der Waals surface area contributed by atoms with Gasteiger partial charge in [-0.15, -0.1) is 0 Å². The highest BCUT2D eigenvalue weighted by atomic mass is 16.5. The monoisotopic (exact) mass is 313 g/mol. The van der Waals surface area contributed by atoms with Gasteiger partial charge in [0, 0.05) is 18.1 Å². The fourth-order valence-electron chi connectivity index (χ4n) is 2.16. The van der Waals surface area contributed by atoms with Crippen molar-refractivity contribution in [1.82, 2.24) is 10.3 Å². The van der Waals surface area contributed by atoms with Crippen LogP contribution in [0, 0.1) is 6.92 Å². The Bertz CT molecular complexity index is 644. The van der Waals surface area contributed by atoms with Gasteiger partial charge in [-0.25, -0.2) is 4.79 Å². The van der Waals surface area contributed by atoms with E-state index in [1.54, 1.807) is 12.4 Å².